The van der Waals surface area contributed by atoms with Crippen molar-refractivity contribution < 1.29 is 9.59 Å². The van der Waals surface area contributed by atoms with Gasteiger partial charge in [-0.3, -0.25) is 4.79 Å². The van der Waals surface area contributed by atoms with Crippen molar-refractivity contribution in [1.29, 1.82) is 0 Å². The van der Waals surface area contributed by atoms with Crippen LogP contribution in [0.1, 0.15) is 19.3 Å². The molecule has 0 aromatic rings. The summed E-state index contributed by atoms with van der Waals surface area (Å²) in [5.41, 5.74) is 0. The molecule has 0 saturated heterocycles. The van der Waals surface area contributed by atoms with Crippen molar-refractivity contribution in [3.63, 3.8) is 0 Å². The minimum atomic E-state index is 0.00889. The monoisotopic (exact) mass is 141 g/mol. The Labute approximate surface area is 59.8 Å². The van der Waals surface area contributed by atoms with Gasteiger partial charge in [0.2, 0.25) is 5.91 Å². The zero-order valence-electron chi connectivity index (χ0n) is 5.80. The van der Waals surface area contributed by atoms with Gasteiger partial charge in [0.25, 0.3) is 0 Å². The normalized spacial score (nSPS) is 16.4. The van der Waals surface area contributed by atoms with Gasteiger partial charge in [0.15, 0.2) is 0 Å². The van der Waals surface area contributed by atoms with Crippen molar-refractivity contribution in [3.05, 3.63) is 0 Å². The molecule has 0 aromatic carbocycles. The maximum atomic E-state index is 10.8. The third-order valence-electron chi connectivity index (χ3n) is 1.55. The fourth-order valence-corrected chi connectivity index (χ4v) is 0.812. The number of aldehydes is 1. The average molecular weight is 141 g/mol. The van der Waals surface area contributed by atoms with Gasteiger partial charge in [-0.1, -0.05) is 0 Å². The Balaban J connectivity index is 2.02. The Morgan fingerprint density at radius 1 is 1.60 bits per heavy atom. The summed E-state index contributed by atoms with van der Waals surface area (Å²) in [6.07, 6.45) is 3.65. The minimum absolute atomic E-state index is 0.00889. The Bertz CT molecular complexity index is 141. The van der Waals surface area contributed by atoms with Gasteiger partial charge >= 0.3 is 0 Å². The summed E-state index contributed by atoms with van der Waals surface area (Å²) in [6.45, 7) is 0.158. The van der Waals surface area contributed by atoms with Gasteiger partial charge in [-0.05, 0) is 18.8 Å². The first kappa shape index (κ1) is 7.25. The molecule has 1 N–H and O–H groups in total. The van der Waals surface area contributed by atoms with E-state index in [0.717, 1.165) is 0 Å². The van der Waals surface area contributed by atoms with Crippen LogP contribution in [0.25, 0.3) is 0 Å². The van der Waals surface area contributed by atoms with Crippen LogP contribution in [0.4, 0.5) is 0 Å². The molecule has 0 radical (unpaired) electrons. The van der Waals surface area contributed by atoms with Crippen LogP contribution in [0, 0.1) is 5.92 Å². The molecule has 1 aliphatic carbocycles. The number of rotatable bonds is 4. The van der Waals surface area contributed by atoms with Crippen LogP contribution in [0.15, 0.2) is 0 Å². The van der Waals surface area contributed by atoms with E-state index in [9.17, 15) is 9.59 Å². The molecule has 0 unspecified atom stereocenters. The molecular formula is C7H11NO2. The van der Waals surface area contributed by atoms with Crippen molar-refractivity contribution in [3.8, 4) is 0 Å². The predicted molar refractivity (Wildman–Crippen MR) is 36.4 cm³/mol. The molecule has 3 heteroatoms. The molecule has 56 valence electrons. The van der Waals surface area contributed by atoms with Crippen LogP contribution in [0.5, 0.6) is 0 Å². The lowest BCUT2D eigenvalue weighted by Gasteiger charge is -1.97. The Morgan fingerprint density at radius 2 is 2.30 bits per heavy atom. The molecule has 0 heterocycles. The first-order valence-corrected chi connectivity index (χ1v) is 3.53. The van der Waals surface area contributed by atoms with Gasteiger partial charge in [0.05, 0.1) is 6.54 Å². The highest BCUT2D eigenvalue weighted by molar-refractivity contribution is 5.78. The van der Waals surface area contributed by atoms with E-state index in [-0.39, 0.29) is 12.5 Å². The van der Waals surface area contributed by atoms with E-state index >= 15 is 0 Å². The van der Waals surface area contributed by atoms with E-state index in [0.29, 0.717) is 18.6 Å². The molecule has 1 saturated carbocycles. The lowest BCUT2D eigenvalue weighted by Crippen LogP contribution is -2.25. The molecular weight excluding hydrogens is 130 g/mol. The maximum Gasteiger partial charge on any atom is 0.220 e. The highest BCUT2D eigenvalue weighted by Gasteiger charge is 2.23. The number of carbonyl (C=O) groups is 2. The molecule has 1 amide bonds. The highest BCUT2D eigenvalue weighted by Crippen LogP contribution is 2.31. The van der Waals surface area contributed by atoms with Crippen LogP contribution in [-0.2, 0) is 9.59 Å². The zero-order valence-corrected chi connectivity index (χ0v) is 5.80. The first-order valence-electron chi connectivity index (χ1n) is 3.53. The zero-order chi connectivity index (χ0) is 7.40. The smallest absolute Gasteiger partial charge is 0.220 e. The van der Waals surface area contributed by atoms with E-state index < -0.39 is 0 Å². The summed E-state index contributed by atoms with van der Waals surface area (Å²) >= 11 is 0. The van der Waals surface area contributed by atoms with Gasteiger partial charge in [-0.15, -0.1) is 0 Å². The second-order valence-electron chi connectivity index (χ2n) is 2.62. The predicted octanol–water partition coefficient (Wildman–Crippen LogP) is 0.102. The molecule has 0 atom stereocenters. The van der Waals surface area contributed by atoms with Gasteiger partial charge < -0.3 is 10.1 Å². The second kappa shape index (κ2) is 3.34. The summed E-state index contributed by atoms with van der Waals surface area (Å²) in [5, 5.41) is 2.50. The van der Waals surface area contributed by atoms with Crippen LogP contribution >= 0.6 is 0 Å². The second-order valence-corrected chi connectivity index (χ2v) is 2.62. The Morgan fingerprint density at radius 3 is 2.80 bits per heavy atom. The van der Waals surface area contributed by atoms with Crippen LogP contribution in [0.3, 0.4) is 0 Å². The molecule has 10 heavy (non-hydrogen) atoms. The average Bonchev–Trinajstić information content (AvgIpc) is 2.67. The van der Waals surface area contributed by atoms with Crippen molar-refractivity contribution in [2.75, 3.05) is 6.54 Å². The molecule has 0 aliphatic heterocycles. The SMILES string of the molecule is O=CCNC(=O)CC1CC1. The molecule has 1 fully saturated rings. The number of hydrogen-bond acceptors (Lipinski definition) is 2. The summed E-state index contributed by atoms with van der Waals surface area (Å²) < 4.78 is 0. The largest absolute Gasteiger partial charge is 0.349 e. The van der Waals surface area contributed by atoms with Gasteiger partial charge in [-0.2, -0.15) is 0 Å². The number of carbonyl (C=O) groups excluding carboxylic acids is 2. The number of amides is 1. The van der Waals surface area contributed by atoms with Crippen molar-refractivity contribution in [2.45, 2.75) is 19.3 Å². The van der Waals surface area contributed by atoms with Gasteiger partial charge in [-0.25, -0.2) is 0 Å². The lowest BCUT2D eigenvalue weighted by atomic mass is 10.3. The van der Waals surface area contributed by atoms with E-state index in [4.69, 9.17) is 0 Å². The Kier molecular flexibility index (Phi) is 2.42. The molecule has 0 aromatic heterocycles. The van der Waals surface area contributed by atoms with Crippen LogP contribution in [0.2, 0.25) is 0 Å². The molecule has 1 aliphatic rings. The lowest BCUT2D eigenvalue weighted by molar-refractivity contribution is -0.122. The molecule has 0 spiro atoms. The Hall–Kier alpha value is -0.860. The molecule has 0 bridgehead atoms. The first-order chi connectivity index (χ1) is 4.83. The van der Waals surface area contributed by atoms with E-state index in [1.54, 1.807) is 0 Å². The van der Waals surface area contributed by atoms with Crippen LogP contribution in [-0.4, -0.2) is 18.7 Å². The van der Waals surface area contributed by atoms with Crippen molar-refractivity contribution in [1.82, 2.24) is 5.32 Å². The maximum absolute atomic E-state index is 10.8. The molecule has 1 rings (SSSR count). The highest BCUT2D eigenvalue weighted by atomic mass is 16.2. The molecule has 3 nitrogen and oxygen atoms in total. The number of hydrogen-bond donors (Lipinski definition) is 1. The van der Waals surface area contributed by atoms with E-state index in [1.165, 1.54) is 12.8 Å². The number of nitrogens with one attached hydrogen (secondary N) is 1. The summed E-state index contributed by atoms with van der Waals surface area (Å²) in [6, 6.07) is 0. The summed E-state index contributed by atoms with van der Waals surface area (Å²) in [4.78, 5) is 20.6. The van der Waals surface area contributed by atoms with Gasteiger partial charge in [0, 0.05) is 6.42 Å². The fraction of sp³-hybridized carbons (Fsp3) is 0.714. The minimum Gasteiger partial charge on any atom is -0.349 e. The van der Waals surface area contributed by atoms with Crippen molar-refractivity contribution in [2.24, 2.45) is 5.92 Å². The third-order valence-corrected chi connectivity index (χ3v) is 1.55. The van der Waals surface area contributed by atoms with E-state index in [2.05, 4.69) is 5.32 Å². The van der Waals surface area contributed by atoms with E-state index in [1.807, 2.05) is 0 Å². The third kappa shape index (κ3) is 2.62. The summed E-state index contributed by atoms with van der Waals surface area (Å²) in [5.74, 6) is 0.612. The standard InChI is InChI=1S/C7H11NO2/c9-4-3-8-7(10)5-6-1-2-6/h4,6H,1-3,5H2,(H,8,10). The quantitative estimate of drug-likeness (QED) is 0.564. The topological polar surface area (TPSA) is 46.2 Å². The van der Waals surface area contributed by atoms with Crippen LogP contribution < -0.4 is 5.32 Å². The summed E-state index contributed by atoms with van der Waals surface area (Å²) in [7, 11) is 0. The fourth-order valence-electron chi connectivity index (χ4n) is 0.812. The van der Waals surface area contributed by atoms with Crippen molar-refractivity contribution >= 4 is 12.2 Å². The van der Waals surface area contributed by atoms with Gasteiger partial charge in [0.1, 0.15) is 6.29 Å².